The Kier molecular flexibility index (Phi) is 262. The molecule has 0 aromatic rings. The molecule has 7 heteroatoms. The Morgan fingerprint density at radius 1 is 0.286 bits per heavy atom. The summed E-state index contributed by atoms with van der Waals surface area (Å²) >= 11 is 0. The van der Waals surface area contributed by atoms with Gasteiger partial charge in [0.1, 0.15) is 0 Å². The van der Waals surface area contributed by atoms with Gasteiger partial charge in [0.25, 0.3) is 0 Å². The second-order valence-electron chi connectivity index (χ2n) is 0. The van der Waals surface area contributed by atoms with Gasteiger partial charge in [-0.1, -0.05) is 0 Å². The SMILES string of the molecule is [Cd].[Cd].[Cd].[Cd].[Cd].[Cd].[Yb]. The van der Waals surface area contributed by atoms with Gasteiger partial charge in [-0.15, -0.1) is 0 Å². The quantitative estimate of drug-likeness (QED) is 0.302. The van der Waals surface area contributed by atoms with Crippen molar-refractivity contribution >= 4 is 0 Å². The third-order valence-corrected chi connectivity index (χ3v) is 0. The molecule has 0 saturated heterocycles. The summed E-state index contributed by atoms with van der Waals surface area (Å²) in [6.07, 6.45) is 0. The minimum Gasteiger partial charge on any atom is 0 e. The van der Waals surface area contributed by atoms with Crippen LogP contribution < -0.4 is 0 Å². The zero-order chi connectivity index (χ0) is 0. The van der Waals surface area contributed by atoms with Gasteiger partial charge in [-0.3, -0.25) is 0 Å². The molecule has 7 heavy (non-hydrogen) atoms. The van der Waals surface area contributed by atoms with Gasteiger partial charge >= 0.3 is 0 Å². The van der Waals surface area contributed by atoms with Crippen LogP contribution in [0.2, 0.25) is 0 Å². The molecule has 0 nitrogen and oxygen atoms in total. The van der Waals surface area contributed by atoms with Crippen molar-refractivity contribution in [1.29, 1.82) is 0 Å². The summed E-state index contributed by atoms with van der Waals surface area (Å²) in [7, 11) is 0. The van der Waals surface area contributed by atoms with Crippen molar-refractivity contribution in [2.45, 2.75) is 0 Å². The van der Waals surface area contributed by atoms with Crippen LogP contribution >= 0.6 is 0 Å². The molecule has 0 aromatic heterocycles. The molecule has 0 amide bonds. The van der Waals surface area contributed by atoms with Gasteiger partial charge < -0.3 is 0 Å². The predicted octanol–water partition coefficient (Wildman–Crippen LogP) is -0.0150. The van der Waals surface area contributed by atoms with E-state index >= 15 is 0 Å². The van der Waals surface area contributed by atoms with Crippen LogP contribution in [0.25, 0.3) is 0 Å². The van der Waals surface area contributed by atoms with Crippen molar-refractivity contribution in [3.63, 3.8) is 0 Å². The zero-order valence-electron chi connectivity index (χ0n) is 4.51. The topological polar surface area (TPSA) is 0 Å². The molecule has 0 heterocycles. The van der Waals surface area contributed by atoms with E-state index in [4.69, 9.17) is 0 Å². The molecular weight excluding hydrogens is 848 g/mol. The van der Waals surface area contributed by atoms with E-state index in [1.54, 1.807) is 0 Å². The van der Waals surface area contributed by atoms with Gasteiger partial charge in [-0.25, -0.2) is 0 Å². The fraction of sp³-hybridized carbons (Fsp3) is 0. The molecule has 0 saturated carbocycles. The molecule has 0 atom stereocenters. The Balaban J connectivity index is 0. The van der Waals surface area contributed by atoms with E-state index in [1.165, 1.54) is 0 Å². The van der Waals surface area contributed by atoms with Gasteiger partial charge in [0.05, 0.1) is 0 Å². The molecule has 0 unspecified atom stereocenters. The van der Waals surface area contributed by atoms with Gasteiger partial charge in [0.2, 0.25) is 0 Å². The van der Waals surface area contributed by atoms with E-state index < -0.39 is 0 Å². The standard InChI is InChI=1S/6Cd.Yb. The first-order chi connectivity index (χ1) is 0. The van der Waals surface area contributed by atoms with Crippen molar-refractivity contribution in [2.24, 2.45) is 0 Å². The first-order valence-electron chi connectivity index (χ1n) is 0. The molecule has 0 fully saturated rings. The van der Waals surface area contributed by atoms with Crippen molar-refractivity contribution in [3.8, 4) is 0 Å². The van der Waals surface area contributed by atoms with E-state index in [0.717, 1.165) is 0 Å². The molecular formula is Cd6Yb. The number of hydrogen-bond acceptors (Lipinski definition) is 0. The van der Waals surface area contributed by atoms with Crippen molar-refractivity contribution < 1.29 is 211 Å². The van der Waals surface area contributed by atoms with Gasteiger partial charge in [-0.2, -0.15) is 0 Å². The number of hydrogen-bond donors (Lipinski definition) is 0. The summed E-state index contributed by atoms with van der Waals surface area (Å²) < 4.78 is 0. The van der Waals surface area contributed by atoms with Crippen LogP contribution in [0.4, 0.5) is 0 Å². The molecule has 0 aromatic carbocycles. The molecule has 0 aliphatic heterocycles. The van der Waals surface area contributed by atoms with Crippen LogP contribution in [0, 0.1) is 46.9 Å². The molecule has 0 rings (SSSR count). The molecule has 0 N–H and O–H groups in total. The fourth-order valence-corrected chi connectivity index (χ4v) is 0. The van der Waals surface area contributed by atoms with E-state index in [1.807, 2.05) is 0 Å². The maximum Gasteiger partial charge on any atom is 0 e. The fourth-order valence-electron chi connectivity index (χ4n) is 0. The average Bonchev–Trinajstić information content (AvgIpc) is 0. The monoisotopic (exact) mass is 857 g/mol. The second kappa shape index (κ2) is 38.1. The zero-order valence-corrected chi connectivity index (χ0v) is 30.4. The first kappa shape index (κ1) is 48.1. The molecule has 0 aliphatic rings. The number of rotatable bonds is 0. The average molecular weight is 848 g/mol. The Morgan fingerprint density at radius 3 is 0.286 bits per heavy atom. The Hall–Kier alpha value is 7.05. The maximum atomic E-state index is 0. The Morgan fingerprint density at radius 2 is 0.286 bits per heavy atom. The Bertz CT molecular complexity index is 4.14. The van der Waals surface area contributed by atoms with Crippen LogP contribution in [0.15, 0.2) is 0 Å². The van der Waals surface area contributed by atoms with E-state index in [0.29, 0.717) is 0 Å². The summed E-state index contributed by atoms with van der Waals surface area (Å²) in [6, 6.07) is 0. The largest absolute Gasteiger partial charge is 0 e. The van der Waals surface area contributed by atoms with Gasteiger partial charge in [0.15, 0.2) is 0 Å². The van der Waals surface area contributed by atoms with Crippen LogP contribution in [0.1, 0.15) is 0 Å². The van der Waals surface area contributed by atoms with Gasteiger partial charge in [-0.05, 0) is 0 Å². The minimum absolute atomic E-state index is 0. The molecule has 26 valence electrons. The summed E-state index contributed by atoms with van der Waals surface area (Å²) in [4.78, 5) is 0. The molecule has 0 radical (unpaired) electrons. The van der Waals surface area contributed by atoms with Crippen molar-refractivity contribution in [2.75, 3.05) is 0 Å². The summed E-state index contributed by atoms with van der Waals surface area (Å²) in [5, 5.41) is 0. The summed E-state index contributed by atoms with van der Waals surface area (Å²) in [5.74, 6) is 0. The van der Waals surface area contributed by atoms with Crippen LogP contribution in [-0.2, 0) is 164 Å². The summed E-state index contributed by atoms with van der Waals surface area (Å²) in [5.41, 5.74) is 0. The smallest absolute Gasteiger partial charge is 0 e. The molecule has 0 aliphatic carbocycles. The van der Waals surface area contributed by atoms with Crippen LogP contribution in [-0.4, -0.2) is 0 Å². The van der Waals surface area contributed by atoms with Crippen molar-refractivity contribution in [3.05, 3.63) is 0 Å². The normalized spacial score (nSPS) is 0. The molecule has 0 bridgehead atoms. The molecule has 0 spiro atoms. The van der Waals surface area contributed by atoms with Gasteiger partial charge in [0, 0.05) is 211 Å². The third kappa shape index (κ3) is 32.1. The Labute approximate surface area is 204 Å². The second-order valence-corrected chi connectivity index (χ2v) is 0. The maximum absolute atomic E-state index is 0. The summed E-state index contributed by atoms with van der Waals surface area (Å²) in [6.45, 7) is 0. The van der Waals surface area contributed by atoms with E-state index in [9.17, 15) is 0 Å². The van der Waals surface area contributed by atoms with E-state index in [-0.39, 0.29) is 211 Å². The van der Waals surface area contributed by atoms with E-state index in [2.05, 4.69) is 0 Å². The first-order valence-corrected chi connectivity index (χ1v) is 0. The van der Waals surface area contributed by atoms with Crippen LogP contribution in [0.5, 0.6) is 0 Å². The van der Waals surface area contributed by atoms with Crippen LogP contribution in [0.3, 0.4) is 0 Å². The third-order valence-electron chi connectivity index (χ3n) is 0. The predicted molar refractivity (Wildman–Crippen MR) is 0 cm³/mol. The minimum atomic E-state index is 0. The van der Waals surface area contributed by atoms with Crippen molar-refractivity contribution in [1.82, 2.24) is 0 Å².